The van der Waals surface area contributed by atoms with Crippen molar-refractivity contribution < 1.29 is 4.79 Å². The van der Waals surface area contributed by atoms with Gasteiger partial charge in [-0.25, -0.2) is 0 Å². The van der Waals surface area contributed by atoms with Gasteiger partial charge in [0, 0.05) is 11.0 Å². The highest BCUT2D eigenvalue weighted by Crippen LogP contribution is 2.21. The Bertz CT molecular complexity index is 467. The lowest BCUT2D eigenvalue weighted by atomic mass is 9.98. The smallest absolute Gasteiger partial charge is 0.238 e. The van der Waals surface area contributed by atoms with Crippen LogP contribution in [0, 0.1) is 5.92 Å². The Balaban J connectivity index is 1.81. The summed E-state index contributed by atoms with van der Waals surface area (Å²) in [6, 6.07) is 7.71. The van der Waals surface area contributed by atoms with Gasteiger partial charge < -0.3 is 10.6 Å². The van der Waals surface area contributed by atoms with Crippen LogP contribution in [-0.4, -0.2) is 43.5 Å². The molecule has 21 heavy (non-hydrogen) atoms. The van der Waals surface area contributed by atoms with Gasteiger partial charge in [-0.15, -0.1) is 0 Å². The second-order valence-corrected chi connectivity index (χ2v) is 6.43. The Hall–Kier alpha value is -0.910. The van der Waals surface area contributed by atoms with Gasteiger partial charge >= 0.3 is 0 Å². The molecule has 0 spiro atoms. The quantitative estimate of drug-likeness (QED) is 0.826. The fourth-order valence-electron chi connectivity index (χ4n) is 2.77. The number of para-hydroxylation sites is 1. The summed E-state index contributed by atoms with van der Waals surface area (Å²) in [5, 5.41) is 6.38. The topological polar surface area (TPSA) is 44.4 Å². The van der Waals surface area contributed by atoms with Crippen molar-refractivity contribution in [2.24, 2.45) is 5.92 Å². The molecule has 1 atom stereocenters. The van der Waals surface area contributed by atoms with Crippen molar-refractivity contribution >= 4 is 27.5 Å². The first kappa shape index (κ1) is 16.5. The number of benzene rings is 1. The molecule has 1 heterocycles. The number of likely N-dealkylation sites (tertiary alicyclic amines) is 1. The van der Waals surface area contributed by atoms with E-state index in [1.807, 2.05) is 24.3 Å². The Kier molecular flexibility index (Phi) is 6.67. The Labute approximate surface area is 135 Å². The standard InChI is InChI=1S/C16H24BrN3O/c1-2-18-10-13-6-5-9-20(11-13)12-16(21)19-15-8-4-3-7-14(15)17/h3-4,7-8,13,18H,2,5-6,9-12H2,1H3,(H,19,21). The monoisotopic (exact) mass is 353 g/mol. The van der Waals surface area contributed by atoms with E-state index in [-0.39, 0.29) is 5.91 Å². The van der Waals surface area contributed by atoms with Crippen molar-refractivity contribution in [3.63, 3.8) is 0 Å². The molecule has 1 aliphatic rings. The summed E-state index contributed by atoms with van der Waals surface area (Å²) >= 11 is 3.45. The third-order valence-corrected chi connectivity index (χ3v) is 4.49. The van der Waals surface area contributed by atoms with Crippen LogP contribution in [0.25, 0.3) is 0 Å². The zero-order chi connectivity index (χ0) is 15.1. The van der Waals surface area contributed by atoms with E-state index in [9.17, 15) is 4.79 Å². The molecular weight excluding hydrogens is 330 g/mol. The van der Waals surface area contributed by atoms with Gasteiger partial charge in [0.25, 0.3) is 0 Å². The van der Waals surface area contributed by atoms with Crippen LogP contribution in [0.4, 0.5) is 5.69 Å². The molecule has 1 aromatic rings. The van der Waals surface area contributed by atoms with Gasteiger partial charge in [0.2, 0.25) is 5.91 Å². The number of amides is 1. The van der Waals surface area contributed by atoms with Gasteiger partial charge in [-0.1, -0.05) is 19.1 Å². The largest absolute Gasteiger partial charge is 0.324 e. The van der Waals surface area contributed by atoms with Crippen molar-refractivity contribution in [1.29, 1.82) is 0 Å². The first-order valence-electron chi connectivity index (χ1n) is 7.66. The minimum Gasteiger partial charge on any atom is -0.324 e. The Morgan fingerprint density at radius 1 is 1.43 bits per heavy atom. The maximum atomic E-state index is 12.2. The van der Waals surface area contributed by atoms with Gasteiger partial charge in [-0.3, -0.25) is 9.69 Å². The average molecular weight is 354 g/mol. The SMILES string of the molecule is CCNCC1CCCN(CC(=O)Nc2ccccc2Br)C1. The summed E-state index contributed by atoms with van der Waals surface area (Å²) in [5.74, 6) is 0.723. The number of anilines is 1. The summed E-state index contributed by atoms with van der Waals surface area (Å²) < 4.78 is 0.919. The zero-order valence-corrected chi connectivity index (χ0v) is 14.2. The molecule has 0 aliphatic carbocycles. The summed E-state index contributed by atoms with van der Waals surface area (Å²) in [7, 11) is 0. The molecule has 1 aliphatic heterocycles. The fourth-order valence-corrected chi connectivity index (χ4v) is 3.15. The van der Waals surface area contributed by atoms with Gasteiger partial charge in [-0.05, 0) is 66.5 Å². The van der Waals surface area contributed by atoms with Crippen LogP contribution in [0.3, 0.4) is 0 Å². The van der Waals surface area contributed by atoms with Crippen molar-refractivity contribution in [2.45, 2.75) is 19.8 Å². The van der Waals surface area contributed by atoms with E-state index in [2.05, 4.69) is 38.4 Å². The van der Waals surface area contributed by atoms with E-state index >= 15 is 0 Å². The van der Waals surface area contributed by atoms with E-state index in [0.717, 1.165) is 36.3 Å². The van der Waals surface area contributed by atoms with Crippen LogP contribution < -0.4 is 10.6 Å². The number of carbonyl (C=O) groups is 1. The number of hydrogen-bond donors (Lipinski definition) is 2. The van der Waals surface area contributed by atoms with E-state index in [1.165, 1.54) is 12.8 Å². The molecule has 2 rings (SSSR count). The van der Waals surface area contributed by atoms with Crippen LogP contribution in [0.15, 0.2) is 28.7 Å². The first-order valence-corrected chi connectivity index (χ1v) is 8.45. The summed E-state index contributed by atoms with van der Waals surface area (Å²) in [6.45, 7) is 6.70. The van der Waals surface area contributed by atoms with Gasteiger partial charge in [0.15, 0.2) is 0 Å². The van der Waals surface area contributed by atoms with E-state index in [4.69, 9.17) is 0 Å². The van der Waals surface area contributed by atoms with Gasteiger partial charge in [0.1, 0.15) is 0 Å². The molecule has 0 saturated carbocycles. The average Bonchev–Trinajstić information content (AvgIpc) is 2.48. The predicted molar refractivity (Wildman–Crippen MR) is 90.5 cm³/mol. The highest BCUT2D eigenvalue weighted by molar-refractivity contribution is 9.10. The Morgan fingerprint density at radius 2 is 2.24 bits per heavy atom. The molecular formula is C16H24BrN3O. The summed E-state index contributed by atoms with van der Waals surface area (Å²) in [6.07, 6.45) is 2.44. The molecule has 0 radical (unpaired) electrons. The number of carbonyl (C=O) groups excluding carboxylic acids is 1. The Morgan fingerprint density at radius 3 is 3.00 bits per heavy atom. The van der Waals surface area contributed by atoms with Crippen LogP contribution in [0.2, 0.25) is 0 Å². The minimum atomic E-state index is 0.0611. The van der Waals surface area contributed by atoms with Crippen LogP contribution >= 0.6 is 15.9 Å². The third-order valence-electron chi connectivity index (χ3n) is 3.80. The van der Waals surface area contributed by atoms with E-state index in [0.29, 0.717) is 12.5 Å². The first-order chi connectivity index (χ1) is 10.2. The summed E-state index contributed by atoms with van der Waals surface area (Å²) in [5.41, 5.74) is 0.837. The predicted octanol–water partition coefficient (Wildman–Crippen LogP) is 2.71. The number of nitrogens with zero attached hydrogens (tertiary/aromatic N) is 1. The van der Waals surface area contributed by atoms with Crippen LogP contribution in [0.1, 0.15) is 19.8 Å². The molecule has 0 bridgehead atoms. The van der Waals surface area contributed by atoms with Crippen molar-refractivity contribution in [1.82, 2.24) is 10.2 Å². The number of nitrogens with one attached hydrogen (secondary N) is 2. The van der Waals surface area contributed by atoms with E-state index < -0.39 is 0 Å². The van der Waals surface area contributed by atoms with E-state index in [1.54, 1.807) is 0 Å². The second kappa shape index (κ2) is 8.51. The van der Waals surface area contributed by atoms with Crippen LogP contribution in [-0.2, 0) is 4.79 Å². The van der Waals surface area contributed by atoms with Crippen molar-refractivity contribution in [2.75, 3.05) is 38.0 Å². The molecule has 1 saturated heterocycles. The molecule has 1 unspecified atom stereocenters. The number of halogens is 1. The lowest BCUT2D eigenvalue weighted by Gasteiger charge is -2.32. The number of rotatable bonds is 6. The fraction of sp³-hybridized carbons (Fsp3) is 0.562. The highest BCUT2D eigenvalue weighted by atomic mass is 79.9. The zero-order valence-electron chi connectivity index (χ0n) is 12.6. The molecule has 116 valence electrons. The number of hydrogen-bond acceptors (Lipinski definition) is 3. The lowest BCUT2D eigenvalue weighted by molar-refractivity contribution is -0.117. The highest BCUT2D eigenvalue weighted by Gasteiger charge is 2.21. The molecule has 0 aromatic heterocycles. The molecule has 1 aromatic carbocycles. The maximum absolute atomic E-state index is 12.2. The third kappa shape index (κ3) is 5.41. The second-order valence-electron chi connectivity index (χ2n) is 5.58. The maximum Gasteiger partial charge on any atom is 0.238 e. The molecule has 2 N–H and O–H groups in total. The summed E-state index contributed by atoms with van der Waals surface area (Å²) in [4.78, 5) is 14.4. The van der Waals surface area contributed by atoms with Gasteiger partial charge in [0.05, 0.1) is 12.2 Å². The lowest BCUT2D eigenvalue weighted by Crippen LogP contribution is -2.43. The molecule has 5 heteroatoms. The van der Waals surface area contributed by atoms with Crippen molar-refractivity contribution in [3.05, 3.63) is 28.7 Å². The minimum absolute atomic E-state index is 0.0611. The van der Waals surface area contributed by atoms with Crippen molar-refractivity contribution in [3.8, 4) is 0 Å². The van der Waals surface area contributed by atoms with Gasteiger partial charge in [-0.2, -0.15) is 0 Å². The normalized spacial score (nSPS) is 19.4. The number of piperidine rings is 1. The van der Waals surface area contributed by atoms with Crippen LogP contribution in [0.5, 0.6) is 0 Å². The molecule has 1 fully saturated rings. The molecule has 4 nitrogen and oxygen atoms in total. The molecule has 1 amide bonds.